The summed E-state index contributed by atoms with van der Waals surface area (Å²) in [5.74, 6) is -0.985. The highest BCUT2D eigenvalue weighted by Crippen LogP contribution is 2.37. The van der Waals surface area contributed by atoms with Crippen LogP contribution in [0.3, 0.4) is 0 Å². The highest BCUT2D eigenvalue weighted by atomic mass is 32.2. The highest BCUT2D eigenvalue weighted by Gasteiger charge is 2.53. The molecule has 118 valence electrons. The summed E-state index contributed by atoms with van der Waals surface area (Å²) < 4.78 is 43.9. The van der Waals surface area contributed by atoms with Gasteiger partial charge < -0.3 is 4.74 Å². The van der Waals surface area contributed by atoms with E-state index in [-0.39, 0.29) is 25.1 Å². The molecular weight excluding hydrogens is 319 g/mol. The lowest BCUT2D eigenvalue weighted by atomic mass is 9.94. The lowest BCUT2D eigenvalue weighted by Gasteiger charge is -2.34. The van der Waals surface area contributed by atoms with Crippen molar-refractivity contribution in [1.29, 1.82) is 0 Å². The Labute approximate surface area is 127 Å². The molecule has 21 heavy (non-hydrogen) atoms. The minimum absolute atomic E-state index is 0.185. The molecule has 0 bridgehead atoms. The normalized spacial score (nSPS) is 23.3. The van der Waals surface area contributed by atoms with Crippen LogP contribution in [-0.2, 0) is 25.3 Å². The third-order valence-electron chi connectivity index (χ3n) is 3.65. The van der Waals surface area contributed by atoms with Gasteiger partial charge in [0.25, 0.3) is 0 Å². The smallest absolute Gasteiger partial charge is 0.327 e. The van der Waals surface area contributed by atoms with Crippen LogP contribution in [0.4, 0.5) is 4.39 Å². The fourth-order valence-electron chi connectivity index (χ4n) is 2.73. The predicted molar refractivity (Wildman–Crippen MR) is 76.0 cm³/mol. The average molecular weight is 336 g/mol. The molecule has 1 unspecified atom stereocenters. The van der Waals surface area contributed by atoms with Crippen LogP contribution in [-0.4, -0.2) is 49.5 Å². The molecule has 0 saturated carbocycles. The summed E-state index contributed by atoms with van der Waals surface area (Å²) in [6, 6.07) is 0. The lowest BCUT2D eigenvalue weighted by molar-refractivity contribution is -0.151. The van der Waals surface area contributed by atoms with Gasteiger partial charge in [-0.25, -0.2) is 13.4 Å². The Kier molecular flexibility index (Phi) is 4.95. The van der Waals surface area contributed by atoms with Gasteiger partial charge in [-0.05, 0) is 12.8 Å². The Bertz CT molecular complexity index is 590. The lowest BCUT2D eigenvalue weighted by Crippen LogP contribution is -2.54. The Morgan fingerprint density at radius 1 is 1.62 bits per heavy atom. The SMILES string of the molecule is COC(=O)C1(CCF)CCCN1S(=O)(=O)Cc1cscn1. The number of alkyl halides is 1. The second kappa shape index (κ2) is 6.37. The van der Waals surface area contributed by atoms with Gasteiger partial charge in [-0.2, -0.15) is 4.31 Å². The Morgan fingerprint density at radius 2 is 2.38 bits per heavy atom. The number of aromatic nitrogens is 1. The van der Waals surface area contributed by atoms with Gasteiger partial charge >= 0.3 is 5.97 Å². The molecule has 0 N–H and O–H groups in total. The third-order valence-corrected chi connectivity index (χ3v) is 6.15. The number of sulfonamides is 1. The second-order valence-electron chi connectivity index (χ2n) is 4.87. The molecule has 2 rings (SSSR count). The summed E-state index contributed by atoms with van der Waals surface area (Å²) in [7, 11) is -2.57. The second-order valence-corrected chi connectivity index (χ2v) is 7.49. The van der Waals surface area contributed by atoms with Gasteiger partial charge in [0.2, 0.25) is 10.0 Å². The maximum atomic E-state index is 12.9. The van der Waals surface area contributed by atoms with Crippen LogP contribution in [0, 0.1) is 0 Å². The van der Waals surface area contributed by atoms with Crippen LogP contribution in [0.1, 0.15) is 25.0 Å². The van der Waals surface area contributed by atoms with Crippen molar-refractivity contribution in [2.75, 3.05) is 20.3 Å². The maximum Gasteiger partial charge on any atom is 0.327 e. The topological polar surface area (TPSA) is 76.6 Å². The molecule has 1 aliphatic heterocycles. The molecule has 6 nitrogen and oxygen atoms in total. The molecule has 1 aliphatic rings. The standard InChI is InChI=1S/C12H17FN2O4S2/c1-19-11(16)12(4-5-13)3-2-6-15(12)21(17,18)8-10-7-20-9-14-10/h7,9H,2-6,8H2,1H3. The van der Waals surface area contributed by atoms with Gasteiger partial charge in [-0.3, -0.25) is 9.18 Å². The minimum Gasteiger partial charge on any atom is -0.468 e. The zero-order chi connectivity index (χ0) is 15.5. The molecule has 0 spiro atoms. The summed E-state index contributed by atoms with van der Waals surface area (Å²) in [6.45, 7) is -0.584. The fraction of sp³-hybridized carbons (Fsp3) is 0.667. The number of ether oxygens (including phenoxy) is 1. The van der Waals surface area contributed by atoms with Crippen molar-refractivity contribution in [2.24, 2.45) is 0 Å². The molecule has 1 aromatic heterocycles. The van der Waals surface area contributed by atoms with E-state index in [0.717, 1.165) is 4.31 Å². The van der Waals surface area contributed by atoms with Crippen LogP contribution >= 0.6 is 11.3 Å². The van der Waals surface area contributed by atoms with Gasteiger partial charge in [0.15, 0.2) is 0 Å². The predicted octanol–water partition coefficient (Wildman–Crippen LogP) is 1.34. The van der Waals surface area contributed by atoms with Crippen LogP contribution in [0.2, 0.25) is 0 Å². The summed E-state index contributed by atoms with van der Waals surface area (Å²) in [5, 5.41) is 1.64. The summed E-state index contributed by atoms with van der Waals surface area (Å²) in [6.07, 6.45) is 0.598. The first kappa shape index (κ1) is 16.3. The summed E-state index contributed by atoms with van der Waals surface area (Å²) >= 11 is 1.30. The van der Waals surface area contributed by atoms with Crippen molar-refractivity contribution in [2.45, 2.75) is 30.6 Å². The van der Waals surface area contributed by atoms with E-state index in [2.05, 4.69) is 4.98 Å². The van der Waals surface area contributed by atoms with Crippen molar-refractivity contribution in [3.63, 3.8) is 0 Å². The molecule has 1 aromatic rings. The molecule has 1 atom stereocenters. The Hall–Kier alpha value is -1.06. The van der Waals surface area contributed by atoms with E-state index in [9.17, 15) is 17.6 Å². The van der Waals surface area contributed by atoms with Crippen LogP contribution in [0.25, 0.3) is 0 Å². The van der Waals surface area contributed by atoms with Gasteiger partial charge in [0, 0.05) is 18.3 Å². The van der Waals surface area contributed by atoms with Gasteiger partial charge in [-0.1, -0.05) is 0 Å². The summed E-state index contributed by atoms with van der Waals surface area (Å²) in [4.78, 5) is 16.0. The molecular formula is C12H17FN2O4S2. The fourth-order valence-corrected chi connectivity index (χ4v) is 5.28. The Balaban J connectivity index is 2.33. The van der Waals surface area contributed by atoms with Gasteiger partial charge in [-0.15, -0.1) is 11.3 Å². The van der Waals surface area contributed by atoms with Gasteiger partial charge in [0.1, 0.15) is 11.3 Å². The molecule has 0 radical (unpaired) electrons. The number of hydrogen-bond donors (Lipinski definition) is 0. The zero-order valence-corrected chi connectivity index (χ0v) is 13.3. The molecule has 1 fully saturated rings. The highest BCUT2D eigenvalue weighted by molar-refractivity contribution is 7.88. The maximum absolute atomic E-state index is 12.9. The van der Waals surface area contributed by atoms with Crippen molar-refractivity contribution < 1.29 is 22.3 Å². The molecule has 9 heteroatoms. The number of hydrogen-bond acceptors (Lipinski definition) is 6. The molecule has 0 aromatic carbocycles. The van der Waals surface area contributed by atoms with Crippen molar-refractivity contribution >= 4 is 27.3 Å². The minimum atomic E-state index is -3.76. The number of thiazole rings is 1. The number of carbonyl (C=O) groups excluding carboxylic acids is 1. The van der Waals surface area contributed by atoms with Crippen LogP contribution in [0.5, 0.6) is 0 Å². The average Bonchev–Trinajstić information content (AvgIpc) is 3.08. The van der Waals surface area contributed by atoms with E-state index in [0.29, 0.717) is 12.1 Å². The monoisotopic (exact) mass is 336 g/mol. The van der Waals surface area contributed by atoms with Crippen LogP contribution in [0.15, 0.2) is 10.9 Å². The number of rotatable bonds is 6. The largest absolute Gasteiger partial charge is 0.468 e. The first-order valence-electron chi connectivity index (χ1n) is 6.48. The van der Waals surface area contributed by atoms with Crippen molar-refractivity contribution in [1.82, 2.24) is 9.29 Å². The quantitative estimate of drug-likeness (QED) is 0.733. The first-order valence-corrected chi connectivity index (χ1v) is 9.03. The van der Waals surface area contributed by atoms with E-state index >= 15 is 0 Å². The number of halogens is 1. The first-order chi connectivity index (χ1) is 9.96. The molecule has 1 saturated heterocycles. The molecule has 2 heterocycles. The number of esters is 1. The zero-order valence-electron chi connectivity index (χ0n) is 11.6. The number of methoxy groups -OCH3 is 1. The number of carbonyl (C=O) groups is 1. The van der Waals surface area contributed by atoms with E-state index < -0.39 is 28.2 Å². The van der Waals surface area contributed by atoms with E-state index in [1.807, 2.05) is 0 Å². The van der Waals surface area contributed by atoms with Crippen molar-refractivity contribution in [3.05, 3.63) is 16.6 Å². The summed E-state index contributed by atoms with van der Waals surface area (Å²) in [5.41, 5.74) is 0.549. The molecule has 0 amide bonds. The van der Waals surface area contributed by atoms with Crippen LogP contribution < -0.4 is 0 Å². The third kappa shape index (κ3) is 3.09. The van der Waals surface area contributed by atoms with E-state index in [4.69, 9.17) is 4.74 Å². The van der Waals surface area contributed by atoms with Gasteiger partial charge in [0.05, 0.1) is 25.0 Å². The Morgan fingerprint density at radius 3 is 2.95 bits per heavy atom. The molecule has 0 aliphatic carbocycles. The van der Waals surface area contributed by atoms with Crippen molar-refractivity contribution in [3.8, 4) is 0 Å². The van der Waals surface area contributed by atoms with E-state index in [1.54, 1.807) is 10.9 Å². The van der Waals surface area contributed by atoms with E-state index in [1.165, 1.54) is 18.4 Å². The number of nitrogens with zero attached hydrogens (tertiary/aromatic N) is 2.